The standard InChI is InChI=1S/C40H49F3N8O4S.3H2/c1-25-23-48(18-19-49(25)24-35(53)46-29-8-4-7-28(20-29)45-33-15-16-34(52)47-36(33)54)17-5-6-26-9-12-30(13-10-26)51-38(56)50(37(55)39(51,2)3)31-14-11-27(22-44)32(21-31)40(41,42)43;;;/h4,7-8,11,14,20-21,25-26,30,33,45H,5-6,9-10,12-13,15-19,23-24H2,1-3H3,(H,46,53)(H,47,52,54);3*1H/t25-,26?,30?,33+;;;/m1.../s1. The van der Waals surface area contributed by atoms with Crippen LogP contribution in [0.15, 0.2) is 42.5 Å². The fraction of sp³-hybridized carbons (Fsp3) is 0.550. The van der Waals surface area contributed by atoms with E-state index < -0.39 is 28.9 Å². The van der Waals surface area contributed by atoms with E-state index in [1.54, 1.807) is 38.1 Å². The van der Waals surface area contributed by atoms with E-state index in [0.29, 0.717) is 23.7 Å². The summed E-state index contributed by atoms with van der Waals surface area (Å²) in [6, 6.07) is 11.7. The minimum Gasteiger partial charge on any atom is -0.374 e. The van der Waals surface area contributed by atoms with Gasteiger partial charge in [-0.3, -0.25) is 34.3 Å². The number of halogens is 3. The van der Waals surface area contributed by atoms with Gasteiger partial charge in [0.1, 0.15) is 11.6 Å². The van der Waals surface area contributed by atoms with Crippen LogP contribution < -0.4 is 20.9 Å². The van der Waals surface area contributed by atoms with Gasteiger partial charge in [0.05, 0.1) is 29.4 Å². The molecule has 2 atom stereocenters. The molecule has 4 fully saturated rings. The molecule has 3 saturated heterocycles. The van der Waals surface area contributed by atoms with Gasteiger partial charge in [-0.1, -0.05) is 6.07 Å². The average molecular weight is 801 g/mol. The van der Waals surface area contributed by atoms with E-state index in [2.05, 4.69) is 32.7 Å². The molecule has 6 rings (SSSR count). The number of imide groups is 1. The molecule has 4 amide bonds. The van der Waals surface area contributed by atoms with Crippen molar-refractivity contribution in [2.24, 2.45) is 5.92 Å². The first-order valence-corrected chi connectivity index (χ1v) is 19.7. The number of carbonyl (C=O) groups is 4. The Kier molecular flexibility index (Phi) is 12.4. The normalized spacial score (nSPS) is 24.9. The Labute approximate surface area is 335 Å². The number of amides is 4. The number of benzene rings is 2. The number of hydrogen-bond donors (Lipinski definition) is 3. The SMILES string of the molecule is C[C@@H]1CN(CCCC2CCC(N3C(=S)N(c4ccc(C#N)c(C(F)(F)F)c4)C(=O)C3(C)C)CC2)CCN1CC(=O)Nc1cccc(N[C@H]2CCC(=O)NC2=O)c1.[HH].[HH].[HH]. The summed E-state index contributed by atoms with van der Waals surface area (Å²) in [4.78, 5) is 57.9. The molecule has 1 saturated carbocycles. The number of piperidine rings is 1. The molecular weight excluding hydrogens is 746 g/mol. The number of hydrogen-bond acceptors (Lipinski definition) is 9. The zero-order chi connectivity index (χ0) is 40.4. The lowest BCUT2D eigenvalue weighted by Gasteiger charge is -2.41. The van der Waals surface area contributed by atoms with Gasteiger partial charge in [0.25, 0.3) is 5.91 Å². The Morgan fingerprint density at radius 2 is 1.79 bits per heavy atom. The highest BCUT2D eigenvalue weighted by atomic mass is 32.1. The molecule has 2 aromatic rings. The Morgan fingerprint density at radius 3 is 2.46 bits per heavy atom. The number of anilines is 3. The van der Waals surface area contributed by atoms with Gasteiger partial charge >= 0.3 is 6.18 Å². The van der Waals surface area contributed by atoms with E-state index in [1.807, 2.05) is 11.0 Å². The summed E-state index contributed by atoms with van der Waals surface area (Å²) in [7, 11) is 0. The fourth-order valence-corrected chi connectivity index (χ4v) is 9.13. The van der Waals surface area contributed by atoms with Gasteiger partial charge in [0.15, 0.2) is 5.11 Å². The van der Waals surface area contributed by atoms with Crippen LogP contribution in [0.25, 0.3) is 0 Å². The molecule has 0 aromatic heterocycles. The third-order valence-corrected chi connectivity index (χ3v) is 12.0. The summed E-state index contributed by atoms with van der Waals surface area (Å²) < 4.78 is 41.2. The van der Waals surface area contributed by atoms with Gasteiger partial charge in [-0.2, -0.15) is 18.4 Å². The van der Waals surface area contributed by atoms with Crippen LogP contribution >= 0.6 is 12.2 Å². The topological polar surface area (TPSA) is 141 Å². The maximum atomic E-state index is 13.7. The van der Waals surface area contributed by atoms with Gasteiger partial charge < -0.3 is 20.4 Å². The van der Waals surface area contributed by atoms with Crippen LogP contribution in [0.5, 0.6) is 0 Å². The second kappa shape index (κ2) is 16.9. The van der Waals surface area contributed by atoms with Crippen LogP contribution in [0.2, 0.25) is 0 Å². The van der Waals surface area contributed by atoms with Crippen molar-refractivity contribution in [2.45, 2.75) is 102 Å². The molecule has 1 aliphatic carbocycles. The van der Waals surface area contributed by atoms with Crippen LogP contribution in [0, 0.1) is 17.2 Å². The van der Waals surface area contributed by atoms with Crippen molar-refractivity contribution in [3.05, 3.63) is 53.6 Å². The lowest BCUT2D eigenvalue weighted by atomic mass is 9.82. The fourth-order valence-electron chi connectivity index (χ4n) is 8.56. The maximum absolute atomic E-state index is 13.7. The number of rotatable bonds is 11. The molecule has 12 nitrogen and oxygen atoms in total. The van der Waals surface area contributed by atoms with Gasteiger partial charge in [0, 0.05) is 53.8 Å². The van der Waals surface area contributed by atoms with Crippen LogP contribution in [0.4, 0.5) is 30.2 Å². The van der Waals surface area contributed by atoms with Crippen LogP contribution in [-0.4, -0.2) is 99.8 Å². The van der Waals surface area contributed by atoms with Crippen LogP contribution in [0.1, 0.15) is 87.5 Å². The highest BCUT2D eigenvalue weighted by molar-refractivity contribution is 7.80. The lowest BCUT2D eigenvalue weighted by molar-refractivity contribution is -0.138. The molecule has 3 N–H and O–H groups in total. The number of thiocarbonyl (C=S) groups is 1. The van der Waals surface area contributed by atoms with E-state index >= 15 is 0 Å². The van der Waals surface area contributed by atoms with E-state index in [-0.39, 0.29) is 63.8 Å². The molecule has 306 valence electrons. The van der Waals surface area contributed by atoms with Gasteiger partial charge in [-0.15, -0.1) is 0 Å². The van der Waals surface area contributed by atoms with Gasteiger partial charge in [-0.25, -0.2) is 0 Å². The van der Waals surface area contributed by atoms with Crippen molar-refractivity contribution in [2.75, 3.05) is 48.3 Å². The van der Waals surface area contributed by atoms with Crippen molar-refractivity contribution < 1.29 is 36.6 Å². The number of alkyl halides is 3. The average Bonchev–Trinajstić information content (AvgIpc) is 3.32. The highest BCUT2D eigenvalue weighted by Crippen LogP contribution is 2.41. The molecule has 0 radical (unpaired) electrons. The zero-order valence-electron chi connectivity index (χ0n) is 32.0. The summed E-state index contributed by atoms with van der Waals surface area (Å²) in [5, 5.41) is 17.9. The second-order valence-electron chi connectivity index (χ2n) is 15.9. The summed E-state index contributed by atoms with van der Waals surface area (Å²) in [6.07, 6.45) is 1.66. The first-order valence-electron chi connectivity index (χ1n) is 19.3. The first-order chi connectivity index (χ1) is 26.5. The molecule has 0 bridgehead atoms. The van der Waals surface area contributed by atoms with E-state index in [9.17, 15) is 37.6 Å². The number of nitrogens with zero attached hydrogens (tertiary/aromatic N) is 5. The Balaban J connectivity index is 0.00000310. The zero-order valence-corrected chi connectivity index (χ0v) is 32.8. The predicted octanol–water partition coefficient (Wildman–Crippen LogP) is 6.23. The number of piperazine rings is 1. The molecule has 16 heteroatoms. The minimum atomic E-state index is -4.75. The third-order valence-electron chi connectivity index (χ3n) is 11.6. The molecule has 4 aliphatic rings. The molecule has 2 aromatic carbocycles. The lowest BCUT2D eigenvalue weighted by Crippen LogP contribution is -2.53. The summed E-state index contributed by atoms with van der Waals surface area (Å²) in [5.74, 6) is -0.591. The van der Waals surface area contributed by atoms with Crippen molar-refractivity contribution >= 4 is 58.0 Å². The van der Waals surface area contributed by atoms with Crippen molar-refractivity contribution in [3.63, 3.8) is 0 Å². The molecule has 3 heterocycles. The molecule has 56 heavy (non-hydrogen) atoms. The Bertz CT molecular complexity index is 1910. The maximum Gasteiger partial charge on any atom is 0.417 e. The first kappa shape index (κ1) is 41.1. The van der Waals surface area contributed by atoms with E-state index in [0.717, 1.165) is 76.8 Å². The smallest absolute Gasteiger partial charge is 0.374 e. The Hall–Kier alpha value is -4.59. The molecule has 3 aliphatic heterocycles. The summed E-state index contributed by atoms with van der Waals surface area (Å²) in [6.45, 7) is 9.40. The number of carbonyl (C=O) groups excluding carboxylic acids is 4. The van der Waals surface area contributed by atoms with E-state index in [1.165, 1.54) is 11.0 Å². The van der Waals surface area contributed by atoms with Crippen LogP contribution in [0.3, 0.4) is 0 Å². The predicted molar refractivity (Wildman–Crippen MR) is 216 cm³/mol. The summed E-state index contributed by atoms with van der Waals surface area (Å²) in [5.41, 5.74) is -1.30. The van der Waals surface area contributed by atoms with Gasteiger partial charge in [0.2, 0.25) is 17.7 Å². The van der Waals surface area contributed by atoms with E-state index in [4.69, 9.17) is 12.2 Å². The van der Waals surface area contributed by atoms with Gasteiger partial charge in [-0.05, 0) is 127 Å². The Morgan fingerprint density at radius 1 is 1.05 bits per heavy atom. The number of nitriles is 1. The summed E-state index contributed by atoms with van der Waals surface area (Å²) >= 11 is 5.76. The van der Waals surface area contributed by atoms with Crippen molar-refractivity contribution in [1.82, 2.24) is 20.0 Å². The van der Waals surface area contributed by atoms with Crippen molar-refractivity contribution in [1.29, 1.82) is 5.26 Å². The minimum absolute atomic E-state index is 0. The quantitative estimate of drug-likeness (QED) is 0.177. The highest BCUT2D eigenvalue weighted by Gasteiger charge is 2.52. The number of nitrogens with one attached hydrogen (secondary N) is 3. The largest absolute Gasteiger partial charge is 0.417 e. The van der Waals surface area contributed by atoms with Crippen molar-refractivity contribution in [3.8, 4) is 6.07 Å². The molecule has 0 spiro atoms. The third kappa shape index (κ3) is 9.16. The monoisotopic (exact) mass is 800 g/mol. The second-order valence-corrected chi connectivity index (χ2v) is 16.3. The van der Waals surface area contributed by atoms with Crippen LogP contribution in [-0.2, 0) is 25.4 Å². The molecule has 0 unspecified atom stereocenters. The molecular formula is C40H55F3N8O4S.